The molecule has 1 fully saturated rings. The highest BCUT2D eigenvalue weighted by Gasteiger charge is 2.23. The summed E-state index contributed by atoms with van der Waals surface area (Å²) in [5, 5.41) is 13.6. The van der Waals surface area contributed by atoms with Gasteiger partial charge in [0.05, 0.1) is 6.54 Å². The van der Waals surface area contributed by atoms with E-state index in [1.54, 1.807) is 4.90 Å². The molecule has 1 heterocycles. The van der Waals surface area contributed by atoms with Crippen molar-refractivity contribution < 1.29 is 19.5 Å². The first-order valence-corrected chi connectivity index (χ1v) is 9.10. The Balaban J connectivity index is 1.60. The summed E-state index contributed by atoms with van der Waals surface area (Å²) in [6, 6.07) is 9.94. The van der Waals surface area contributed by atoms with Crippen LogP contribution in [0.15, 0.2) is 30.3 Å². The van der Waals surface area contributed by atoms with Gasteiger partial charge in [-0.3, -0.25) is 9.59 Å². The minimum absolute atomic E-state index is 0.0110. The van der Waals surface area contributed by atoms with Crippen LogP contribution in [-0.4, -0.2) is 54.1 Å². The van der Waals surface area contributed by atoms with Gasteiger partial charge in [-0.25, -0.2) is 4.79 Å². The van der Waals surface area contributed by atoms with Crippen molar-refractivity contribution in [2.45, 2.75) is 32.1 Å². The zero-order chi connectivity index (χ0) is 18.8. The molecule has 0 aliphatic carbocycles. The lowest BCUT2D eigenvalue weighted by molar-refractivity contribution is -0.137. The monoisotopic (exact) mass is 361 g/mol. The molecule has 0 saturated carbocycles. The summed E-state index contributed by atoms with van der Waals surface area (Å²) in [6.07, 6.45) is 3.37. The van der Waals surface area contributed by atoms with Gasteiger partial charge in [-0.05, 0) is 37.2 Å². The third-order valence-corrected chi connectivity index (χ3v) is 4.59. The van der Waals surface area contributed by atoms with E-state index >= 15 is 0 Å². The highest BCUT2D eigenvalue weighted by molar-refractivity contribution is 5.84. The Morgan fingerprint density at radius 3 is 2.42 bits per heavy atom. The number of nitrogens with one attached hydrogen (secondary N) is 2. The molecule has 0 atom stereocenters. The predicted molar refractivity (Wildman–Crippen MR) is 97.7 cm³/mol. The number of carbonyl (C=O) groups is 3. The number of likely N-dealkylation sites (tertiary alicyclic amines) is 1. The van der Waals surface area contributed by atoms with Crippen molar-refractivity contribution in [1.82, 2.24) is 15.5 Å². The third-order valence-electron chi connectivity index (χ3n) is 4.59. The second-order valence-corrected chi connectivity index (χ2v) is 6.62. The summed E-state index contributed by atoms with van der Waals surface area (Å²) in [7, 11) is 0. The average Bonchev–Trinajstić information content (AvgIpc) is 2.64. The van der Waals surface area contributed by atoms with E-state index in [0.29, 0.717) is 12.3 Å². The summed E-state index contributed by atoms with van der Waals surface area (Å²) in [4.78, 5) is 36.0. The van der Waals surface area contributed by atoms with Crippen LogP contribution in [-0.2, 0) is 16.0 Å². The van der Waals surface area contributed by atoms with Crippen LogP contribution in [0.25, 0.3) is 0 Å². The molecule has 3 amide bonds. The lowest BCUT2D eigenvalue weighted by atomic mass is 9.90. The number of carboxylic acid groups (broad SMARTS) is 1. The summed E-state index contributed by atoms with van der Waals surface area (Å²) in [6.45, 7) is 1.68. The summed E-state index contributed by atoms with van der Waals surface area (Å²) in [5.74, 6) is -0.381. The van der Waals surface area contributed by atoms with E-state index in [-0.39, 0.29) is 25.4 Å². The first kappa shape index (κ1) is 19.8. The van der Waals surface area contributed by atoms with Crippen LogP contribution in [0.1, 0.15) is 31.2 Å². The van der Waals surface area contributed by atoms with Gasteiger partial charge in [0.25, 0.3) is 0 Å². The van der Waals surface area contributed by atoms with Gasteiger partial charge in [0.15, 0.2) is 0 Å². The molecular formula is C19H27N3O4. The Morgan fingerprint density at radius 2 is 1.77 bits per heavy atom. The van der Waals surface area contributed by atoms with E-state index in [4.69, 9.17) is 5.11 Å². The van der Waals surface area contributed by atoms with Crippen molar-refractivity contribution >= 4 is 17.9 Å². The number of aliphatic carboxylic acids is 1. The van der Waals surface area contributed by atoms with Crippen LogP contribution in [0.4, 0.5) is 4.79 Å². The molecule has 0 spiro atoms. The number of piperidine rings is 1. The van der Waals surface area contributed by atoms with Crippen LogP contribution < -0.4 is 10.6 Å². The summed E-state index contributed by atoms with van der Waals surface area (Å²) < 4.78 is 0. The predicted octanol–water partition coefficient (Wildman–Crippen LogP) is 1.63. The van der Waals surface area contributed by atoms with Crippen LogP contribution >= 0.6 is 0 Å². The second-order valence-electron chi connectivity index (χ2n) is 6.62. The Labute approximate surface area is 153 Å². The molecule has 3 N–H and O–H groups in total. The number of carboxylic acids is 1. The third kappa shape index (κ3) is 7.13. The molecule has 0 unspecified atom stereocenters. The maximum absolute atomic E-state index is 12.2. The van der Waals surface area contributed by atoms with Crippen LogP contribution in [0.2, 0.25) is 0 Å². The minimum atomic E-state index is -0.891. The van der Waals surface area contributed by atoms with Gasteiger partial charge in [-0.15, -0.1) is 0 Å². The van der Waals surface area contributed by atoms with E-state index in [2.05, 4.69) is 22.8 Å². The van der Waals surface area contributed by atoms with Gasteiger partial charge in [-0.2, -0.15) is 0 Å². The molecule has 1 saturated heterocycles. The molecule has 0 radical (unpaired) electrons. The molecule has 2 rings (SSSR count). The van der Waals surface area contributed by atoms with E-state index in [1.807, 2.05) is 18.2 Å². The van der Waals surface area contributed by atoms with Gasteiger partial charge >= 0.3 is 12.0 Å². The SMILES string of the molecule is O=C(O)CCCNC(=O)NCC(=O)N1CCC(Cc2ccccc2)CC1. The van der Waals surface area contributed by atoms with E-state index < -0.39 is 12.0 Å². The Bertz CT molecular complexity index is 598. The van der Waals surface area contributed by atoms with Gasteiger partial charge in [-0.1, -0.05) is 30.3 Å². The lowest BCUT2D eigenvalue weighted by Gasteiger charge is -2.32. The molecule has 7 nitrogen and oxygen atoms in total. The molecule has 7 heteroatoms. The van der Waals surface area contributed by atoms with Gasteiger partial charge < -0.3 is 20.6 Å². The van der Waals surface area contributed by atoms with Crippen molar-refractivity contribution in [2.24, 2.45) is 5.92 Å². The second kappa shape index (κ2) is 10.4. The van der Waals surface area contributed by atoms with E-state index in [1.165, 1.54) is 5.56 Å². The van der Waals surface area contributed by atoms with E-state index in [9.17, 15) is 14.4 Å². The Kier molecular flexibility index (Phi) is 7.92. The number of urea groups is 1. The highest BCUT2D eigenvalue weighted by Crippen LogP contribution is 2.21. The number of hydrogen-bond donors (Lipinski definition) is 3. The number of rotatable bonds is 8. The number of amides is 3. The fourth-order valence-electron chi connectivity index (χ4n) is 3.11. The van der Waals surface area contributed by atoms with Crippen molar-refractivity contribution in [3.05, 3.63) is 35.9 Å². The first-order valence-electron chi connectivity index (χ1n) is 9.10. The zero-order valence-corrected chi connectivity index (χ0v) is 14.9. The maximum Gasteiger partial charge on any atom is 0.315 e. The fraction of sp³-hybridized carbons (Fsp3) is 0.526. The van der Waals surface area contributed by atoms with Crippen LogP contribution in [0, 0.1) is 5.92 Å². The average molecular weight is 361 g/mol. The number of benzene rings is 1. The van der Waals surface area contributed by atoms with Gasteiger partial charge in [0.2, 0.25) is 5.91 Å². The normalized spacial score (nSPS) is 14.7. The summed E-state index contributed by atoms with van der Waals surface area (Å²) >= 11 is 0. The Hall–Kier alpha value is -2.57. The quantitative estimate of drug-likeness (QED) is 0.613. The molecule has 0 aromatic heterocycles. The Morgan fingerprint density at radius 1 is 1.08 bits per heavy atom. The van der Waals surface area contributed by atoms with Gasteiger partial charge in [0, 0.05) is 26.1 Å². The number of hydrogen-bond acceptors (Lipinski definition) is 3. The van der Waals surface area contributed by atoms with Crippen molar-refractivity contribution in [1.29, 1.82) is 0 Å². The van der Waals surface area contributed by atoms with Crippen LogP contribution in [0.5, 0.6) is 0 Å². The topological polar surface area (TPSA) is 98.7 Å². The number of carbonyl (C=O) groups excluding carboxylic acids is 2. The molecule has 142 valence electrons. The molecule has 1 aliphatic rings. The highest BCUT2D eigenvalue weighted by atomic mass is 16.4. The molecule has 1 aliphatic heterocycles. The number of nitrogens with zero attached hydrogens (tertiary/aromatic N) is 1. The van der Waals surface area contributed by atoms with Crippen molar-refractivity contribution in [3.63, 3.8) is 0 Å². The lowest BCUT2D eigenvalue weighted by Crippen LogP contribution is -2.46. The van der Waals surface area contributed by atoms with E-state index in [0.717, 1.165) is 32.4 Å². The molecule has 26 heavy (non-hydrogen) atoms. The maximum atomic E-state index is 12.2. The van der Waals surface area contributed by atoms with Crippen molar-refractivity contribution in [2.75, 3.05) is 26.2 Å². The summed E-state index contributed by atoms with van der Waals surface area (Å²) in [5.41, 5.74) is 1.33. The smallest absolute Gasteiger partial charge is 0.315 e. The minimum Gasteiger partial charge on any atom is -0.481 e. The fourth-order valence-corrected chi connectivity index (χ4v) is 3.11. The molecular weight excluding hydrogens is 334 g/mol. The van der Waals surface area contributed by atoms with Crippen LogP contribution in [0.3, 0.4) is 0 Å². The first-order chi connectivity index (χ1) is 12.5. The molecule has 1 aromatic rings. The van der Waals surface area contributed by atoms with Gasteiger partial charge in [0.1, 0.15) is 0 Å². The molecule has 0 bridgehead atoms. The standard InChI is InChI=1S/C19H27N3O4/c23-17(14-21-19(26)20-10-4-7-18(24)25)22-11-8-16(9-12-22)13-15-5-2-1-3-6-15/h1-3,5-6,16H,4,7-14H2,(H,24,25)(H2,20,21,26). The largest absolute Gasteiger partial charge is 0.481 e. The molecule has 1 aromatic carbocycles. The zero-order valence-electron chi connectivity index (χ0n) is 14.9. The van der Waals surface area contributed by atoms with Crippen molar-refractivity contribution in [3.8, 4) is 0 Å².